The maximum Gasteiger partial charge on any atom is 0.272 e. The Hall–Kier alpha value is -2.88. The first-order valence-electron chi connectivity index (χ1n) is 9.11. The van der Waals surface area contributed by atoms with E-state index in [1.165, 1.54) is 11.1 Å². The molecule has 1 aliphatic carbocycles. The molecule has 1 atom stereocenters. The third kappa shape index (κ3) is 3.40. The van der Waals surface area contributed by atoms with Gasteiger partial charge in [-0.1, -0.05) is 48.0 Å². The van der Waals surface area contributed by atoms with Crippen LogP contribution >= 0.6 is 0 Å². The van der Waals surface area contributed by atoms with Crippen molar-refractivity contribution in [3.63, 3.8) is 0 Å². The van der Waals surface area contributed by atoms with Crippen LogP contribution in [0.25, 0.3) is 5.69 Å². The van der Waals surface area contributed by atoms with E-state index in [-0.39, 0.29) is 11.9 Å². The van der Waals surface area contributed by atoms with Crippen molar-refractivity contribution < 1.29 is 4.79 Å². The molecule has 1 fully saturated rings. The van der Waals surface area contributed by atoms with Crippen molar-refractivity contribution >= 4 is 5.91 Å². The molecule has 1 aliphatic rings. The highest BCUT2D eigenvalue weighted by molar-refractivity contribution is 5.92. The predicted octanol–water partition coefficient (Wildman–Crippen LogP) is 4.37. The molecule has 0 saturated heterocycles. The van der Waals surface area contributed by atoms with Gasteiger partial charge in [-0.3, -0.25) is 4.79 Å². The molecule has 2 aromatic carbocycles. The number of carbonyl (C=O) groups excluding carboxylic acids is 1. The quantitative estimate of drug-likeness (QED) is 0.746. The summed E-state index contributed by atoms with van der Waals surface area (Å²) in [5.41, 5.74) is 4.77. The molecule has 26 heavy (non-hydrogen) atoms. The van der Waals surface area contributed by atoms with E-state index in [2.05, 4.69) is 41.6 Å². The number of carbonyl (C=O) groups is 1. The molecule has 0 aliphatic heterocycles. The van der Waals surface area contributed by atoms with Gasteiger partial charge in [0, 0.05) is 5.69 Å². The number of nitrogens with one attached hydrogen (secondary N) is 1. The van der Waals surface area contributed by atoms with Crippen molar-refractivity contribution in [3.05, 3.63) is 83.2 Å². The minimum atomic E-state index is -0.111. The van der Waals surface area contributed by atoms with Crippen molar-refractivity contribution in [1.29, 1.82) is 0 Å². The molecular weight excluding hydrogens is 322 g/mol. The smallest absolute Gasteiger partial charge is 0.272 e. The second-order valence-corrected chi connectivity index (χ2v) is 7.12. The van der Waals surface area contributed by atoms with Crippen molar-refractivity contribution in [2.24, 2.45) is 5.92 Å². The second kappa shape index (κ2) is 6.79. The van der Waals surface area contributed by atoms with Gasteiger partial charge in [0.2, 0.25) is 0 Å². The lowest BCUT2D eigenvalue weighted by Crippen LogP contribution is -2.30. The van der Waals surface area contributed by atoms with Crippen molar-refractivity contribution in [2.75, 3.05) is 0 Å². The summed E-state index contributed by atoms with van der Waals surface area (Å²) in [6.07, 6.45) is 2.33. The Bertz CT molecular complexity index is 908. The molecule has 1 unspecified atom stereocenters. The van der Waals surface area contributed by atoms with Crippen LogP contribution in [-0.4, -0.2) is 15.7 Å². The van der Waals surface area contributed by atoms with Crippen LogP contribution in [-0.2, 0) is 0 Å². The van der Waals surface area contributed by atoms with E-state index in [0.717, 1.165) is 24.2 Å². The number of aryl methyl sites for hydroxylation is 2. The summed E-state index contributed by atoms with van der Waals surface area (Å²) in [5, 5.41) is 7.73. The van der Waals surface area contributed by atoms with Gasteiger partial charge in [-0.15, -0.1) is 0 Å². The van der Waals surface area contributed by atoms with Crippen LogP contribution in [0, 0.1) is 19.8 Å². The van der Waals surface area contributed by atoms with Gasteiger partial charge in [-0.05, 0) is 56.4 Å². The molecule has 4 heteroatoms. The molecule has 0 radical (unpaired) electrons. The average molecular weight is 345 g/mol. The van der Waals surface area contributed by atoms with Crippen molar-refractivity contribution in [1.82, 2.24) is 15.1 Å². The first kappa shape index (κ1) is 16.6. The summed E-state index contributed by atoms with van der Waals surface area (Å²) in [5.74, 6) is 0.416. The van der Waals surface area contributed by atoms with Crippen LogP contribution in [0.5, 0.6) is 0 Å². The van der Waals surface area contributed by atoms with Crippen LogP contribution in [0.4, 0.5) is 0 Å². The first-order chi connectivity index (χ1) is 12.6. The molecule has 132 valence electrons. The van der Waals surface area contributed by atoms with E-state index in [1.54, 1.807) is 0 Å². The lowest BCUT2D eigenvalue weighted by Gasteiger charge is -2.18. The molecule has 1 aromatic heterocycles. The van der Waals surface area contributed by atoms with E-state index in [4.69, 9.17) is 0 Å². The van der Waals surface area contributed by atoms with Crippen molar-refractivity contribution in [3.8, 4) is 5.69 Å². The normalized spacial score (nSPS) is 14.8. The molecule has 1 amide bonds. The molecule has 4 rings (SSSR count). The minimum Gasteiger partial charge on any atom is -0.344 e. The average Bonchev–Trinajstić information content (AvgIpc) is 3.42. The first-order valence-corrected chi connectivity index (χ1v) is 9.11. The highest BCUT2D eigenvalue weighted by atomic mass is 16.2. The van der Waals surface area contributed by atoms with E-state index in [1.807, 2.05) is 48.0 Å². The van der Waals surface area contributed by atoms with Crippen LogP contribution in [0.3, 0.4) is 0 Å². The van der Waals surface area contributed by atoms with Gasteiger partial charge in [0.15, 0.2) is 5.69 Å². The number of nitrogens with zero attached hydrogens (tertiary/aromatic N) is 2. The van der Waals surface area contributed by atoms with Crippen LogP contribution in [0.1, 0.15) is 46.2 Å². The van der Waals surface area contributed by atoms with Gasteiger partial charge >= 0.3 is 0 Å². The summed E-state index contributed by atoms with van der Waals surface area (Å²) >= 11 is 0. The highest BCUT2D eigenvalue weighted by Gasteiger charge is 2.34. The Morgan fingerprint density at radius 2 is 1.77 bits per heavy atom. The summed E-state index contributed by atoms with van der Waals surface area (Å²) in [7, 11) is 0. The summed E-state index contributed by atoms with van der Waals surface area (Å²) in [4.78, 5) is 12.8. The Labute approximate surface area is 153 Å². The molecule has 0 bridgehead atoms. The van der Waals surface area contributed by atoms with E-state index >= 15 is 0 Å². The molecule has 4 nitrogen and oxygen atoms in total. The third-order valence-electron chi connectivity index (χ3n) is 4.94. The number of benzene rings is 2. The largest absolute Gasteiger partial charge is 0.344 e. The summed E-state index contributed by atoms with van der Waals surface area (Å²) < 4.78 is 1.81. The number of hydrogen-bond acceptors (Lipinski definition) is 2. The monoisotopic (exact) mass is 345 g/mol. The number of hydrogen-bond donors (Lipinski definition) is 1. The van der Waals surface area contributed by atoms with Crippen LogP contribution in [0.2, 0.25) is 0 Å². The van der Waals surface area contributed by atoms with Crippen molar-refractivity contribution in [2.45, 2.75) is 32.7 Å². The Morgan fingerprint density at radius 3 is 2.42 bits per heavy atom. The summed E-state index contributed by atoms with van der Waals surface area (Å²) in [6.45, 7) is 4.04. The molecule has 1 saturated carbocycles. The number of rotatable bonds is 5. The van der Waals surface area contributed by atoms with E-state index < -0.39 is 0 Å². The zero-order valence-corrected chi connectivity index (χ0v) is 15.1. The van der Waals surface area contributed by atoms with Crippen LogP contribution < -0.4 is 5.32 Å². The highest BCUT2D eigenvalue weighted by Crippen LogP contribution is 2.41. The fourth-order valence-corrected chi connectivity index (χ4v) is 3.31. The molecule has 1 N–H and O–H groups in total. The molecule has 1 heterocycles. The minimum absolute atomic E-state index is 0.0604. The van der Waals surface area contributed by atoms with Gasteiger partial charge in [0.25, 0.3) is 5.91 Å². The number of para-hydroxylation sites is 1. The predicted molar refractivity (Wildman–Crippen MR) is 102 cm³/mol. The third-order valence-corrected chi connectivity index (χ3v) is 4.94. The van der Waals surface area contributed by atoms with Gasteiger partial charge in [-0.25, -0.2) is 4.68 Å². The maximum absolute atomic E-state index is 12.8. The fraction of sp³-hybridized carbons (Fsp3) is 0.273. The van der Waals surface area contributed by atoms with Crippen LogP contribution in [0.15, 0.2) is 60.7 Å². The lowest BCUT2D eigenvalue weighted by molar-refractivity contribution is 0.0926. The standard InChI is InChI=1S/C22H23N3O/c1-15-8-10-17(11-9-15)21(18-12-13-18)23-22(26)20-14-16(2)25(24-20)19-6-4-3-5-7-19/h3-11,14,18,21H,12-13H2,1-2H3,(H,23,26). The number of amides is 1. The lowest BCUT2D eigenvalue weighted by atomic mass is 10.0. The summed E-state index contributed by atoms with van der Waals surface area (Å²) in [6, 6.07) is 20.2. The molecule has 0 spiro atoms. The van der Waals surface area contributed by atoms with Gasteiger partial charge < -0.3 is 5.32 Å². The Balaban J connectivity index is 1.56. The van der Waals surface area contributed by atoms with Gasteiger partial charge in [0.1, 0.15) is 0 Å². The second-order valence-electron chi connectivity index (χ2n) is 7.12. The van der Waals surface area contributed by atoms with Gasteiger partial charge in [-0.2, -0.15) is 5.10 Å². The number of aromatic nitrogens is 2. The fourth-order valence-electron chi connectivity index (χ4n) is 3.31. The molecular formula is C22H23N3O. The SMILES string of the molecule is Cc1ccc(C(NC(=O)c2cc(C)n(-c3ccccc3)n2)C2CC2)cc1. The zero-order valence-electron chi connectivity index (χ0n) is 15.1. The maximum atomic E-state index is 12.8. The zero-order chi connectivity index (χ0) is 18.1. The topological polar surface area (TPSA) is 46.9 Å². The van der Waals surface area contributed by atoms with E-state index in [0.29, 0.717) is 11.6 Å². The Morgan fingerprint density at radius 1 is 1.08 bits per heavy atom. The molecule has 3 aromatic rings. The van der Waals surface area contributed by atoms with E-state index in [9.17, 15) is 4.79 Å². The van der Waals surface area contributed by atoms with Gasteiger partial charge in [0.05, 0.1) is 11.7 Å². The Kier molecular flexibility index (Phi) is 4.33.